The topological polar surface area (TPSA) is 97.4 Å². The minimum atomic E-state index is -1.11. The van der Waals surface area contributed by atoms with Crippen LogP contribution in [0, 0.1) is 6.92 Å². The zero-order valence-electron chi connectivity index (χ0n) is 13.5. The zero-order chi connectivity index (χ0) is 17.7. The number of urea groups is 1. The molecule has 0 aliphatic rings. The van der Waals surface area contributed by atoms with E-state index in [2.05, 4.69) is 10.3 Å². The Morgan fingerprint density at radius 2 is 1.88 bits per heavy atom. The number of nitrogens with zero attached hydrogens (tertiary/aromatic N) is 1. The molecule has 0 saturated carbocycles. The number of rotatable bonds is 4. The smallest absolute Gasteiger partial charge is 0.358 e. The van der Waals surface area contributed by atoms with E-state index in [0.717, 1.165) is 11.1 Å². The number of hydrogen-bond donors (Lipinski definition) is 2. The summed E-state index contributed by atoms with van der Waals surface area (Å²) < 4.78 is 5.03. The highest BCUT2D eigenvalue weighted by molar-refractivity contribution is 7.13. The Bertz CT molecular complexity index is 755. The van der Waals surface area contributed by atoms with Crippen molar-refractivity contribution in [2.45, 2.75) is 20.0 Å². The number of aromatic nitrogens is 1. The van der Waals surface area contributed by atoms with E-state index >= 15 is 0 Å². The van der Waals surface area contributed by atoms with Crippen LogP contribution in [0.1, 0.15) is 23.0 Å². The lowest BCUT2D eigenvalue weighted by Crippen LogP contribution is -2.43. The predicted octanol–water partition coefficient (Wildman–Crippen LogP) is 2.12. The van der Waals surface area contributed by atoms with E-state index in [1.54, 1.807) is 5.38 Å². The molecular formula is C16H17N3O4S. The third-order valence-corrected chi connectivity index (χ3v) is 4.02. The number of esters is 1. The van der Waals surface area contributed by atoms with Crippen molar-refractivity contribution in [2.75, 3.05) is 7.05 Å². The highest BCUT2D eigenvalue weighted by Crippen LogP contribution is 2.24. The summed E-state index contributed by atoms with van der Waals surface area (Å²) in [6, 6.07) is 7.09. The molecule has 2 rings (SSSR count). The first kappa shape index (κ1) is 17.6. The molecule has 3 amide bonds. The third-order valence-electron chi connectivity index (χ3n) is 3.13. The van der Waals surface area contributed by atoms with Gasteiger partial charge >= 0.3 is 12.0 Å². The van der Waals surface area contributed by atoms with Crippen molar-refractivity contribution < 1.29 is 19.1 Å². The molecule has 7 nitrogen and oxygen atoms in total. The van der Waals surface area contributed by atoms with Gasteiger partial charge in [-0.3, -0.25) is 10.1 Å². The quantitative estimate of drug-likeness (QED) is 0.826. The van der Waals surface area contributed by atoms with E-state index in [-0.39, 0.29) is 5.69 Å². The van der Waals surface area contributed by atoms with Crippen LogP contribution in [0.25, 0.3) is 10.6 Å². The summed E-state index contributed by atoms with van der Waals surface area (Å²) in [5.41, 5.74) is 2.15. The maximum absolute atomic E-state index is 12.1. The summed E-state index contributed by atoms with van der Waals surface area (Å²) in [5, 5.41) is 6.53. The largest absolute Gasteiger partial charge is 0.448 e. The predicted molar refractivity (Wildman–Crippen MR) is 89.8 cm³/mol. The summed E-state index contributed by atoms with van der Waals surface area (Å²) >= 11 is 1.31. The lowest BCUT2D eigenvalue weighted by Gasteiger charge is -2.11. The molecular weight excluding hydrogens is 330 g/mol. The highest BCUT2D eigenvalue weighted by Gasteiger charge is 2.22. The summed E-state index contributed by atoms with van der Waals surface area (Å²) in [7, 11) is 1.38. The Morgan fingerprint density at radius 1 is 1.21 bits per heavy atom. The van der Waals surface area contributed by atoms with Crippen molar-refractivity contribution >= 4 is 29.2 Å². The monoisotopic (exact) mass is 347 g/mol. The first-order valence-corrected chi connectivity index (χ1v) is 8.04. The Kier molecular flexibility index (Phi) is 5.64. The molecule has 1 aromatic heterocycles. The van der Waals surface area contributed by atoms with Crippen molar-refractivity contribution in [3.63, 3.8) is 0 Å². The van der Waals surface area contributed by atoms with Gasteiger partial charge in [-0.05, 0) is 13.8 Å². The second-order valence-electron chi connectivity index (χ2n) is 5.02. The zero-order valence-corrected chi connectivity index (χ0v) is 14.3. The van der Waals surface area contributed by atoms with Gasteiger partial charge in [-0.1, -0.05) is 29.8 Å². The van der Waals surface area contributed by atoms with E-state index in [1.165, 1.54) is 25.3 Å². The van der Waals surface area contributed by atoms with Crippen LogP contribution in [-0.2, 0) is 9.53 Å². The second-order valence-corrected chi connectivity index (χ2v) is 5.88. The summed E-state index contributed by atoms with van der Waals surface area (Å²) in [4.78, 5) is 39.0. The molecule has 2 aromatic rings. The molecule has 2 N–H and O–H groups in total. The molecule has 0 fully saturated rings. The number of thiazole rings is 1. The van der Waals surface area contributed by atoms with E-state index in [4.69, 9.17) is 4.74 Å². The van der Waals surface area contributed by atoms with E-state index < -0.39 is 24.0 Å². The fraction of sp³-hybridized carbons (Fsp3) is 0.250. The average molecular weight is 347 g/mol. The van der Waals surface area contributed by atoms with Crippen LogP contribution in [0.2, 0.25) is 0 Å². The molecule has 1 heterocycles. The van der Waals surface area contributed by atoms with E-state index in [1.807, 2.05) is 36.5 Å². The molecule has 0 radical (unpaired) electrons. The van der Waals surface area contributed by atoms with Crippen molar-refractivity contribution in [1.29, 1.82) is 0 Å². The van der Waals surface area contributed by atoms with Crippen molar-refractivity contribution in [3.05, 3.63) is 40.9 Å². The van der Waals surface area contributed by atoms with Crippen molar-refractivity contribution in [3.8, 4) is 10.6 Å². The summed E-state index contributed by atoms with van der Waals surface area (Å²) in [5.74, 6) is -1.43. The van der Waals surface area contributed by atoms with Crippen molar-refractivity contribution in [2.24, 2.45) is 0 Å². The number of nitrogens with one attached hydrogen (secondary N) is 2. The standard InChI is InChI=1S/C16H17N3O4S/c1-9-4-6-11(7-5-9)14-18-12(8-24-14)15(21)23-10(2)13(20)19-16(22)17-3/h4-8,10H,1-3H3,(H2,17,19,20,22)/t10-/m1/s1. The third kappa shape index (κ3) is 4.39. The van der Waals surface area contributed by atoms with E-state index in [9.17, 15) is 14.4 Å². The number of carbonyl (C=O) groups is 3. The molecule has 0 saturated heterocycles. The van der Waals surface area contributed by atoms with Gasteiger partial charge in [0.25, 0.3) is 5.91 Å². The van der Waals surface area contributed by atoms with Gasteiger partial charge in [0.1, 0.15) is 5.01 Å². The molecule has 1 aromatic carbocycles. The van der Waals surface area contributed by atoms with Crippen molar-refractivity contribution in [1.82, 2.24) is 15.6 Å². The maximum atomic E-state index is 12.1. The van der Waals surface area contributed by atoms with Gasteiger partial charge in [0.2, 0.25) is 0 Å². The van der Waals surface area contributed by atoms with Crippen LogP contribution >= 0.6 is 11.3 Å². The van der Waals surface area contributed by atoms with Gasteiger partial charge in [-0.15, -0.1) is 11.3 Å². The van der Waals surface area contributed by atoms with Crippen LogP contribution in [0.3, 0.4) is 0 Å². The van der Waals surface area contributed by atoms with Gasteiger partial charge in [-0.25, -0.2) is 14.6 Å². The van der Waals surface area contributed by atoms with E-state index in [0.29, 0.717) is 5.01 Å². The molecule has 1 atom stereocenters. The Hall–Kier alpha value is -2.74. The number of ether oxygens (including phenoxy) is 1. The van der Waals surface area contributed by atoms with Gasteiger partial charge in [0.05, 0.1) is 0 Å². The van der Waals surface area contributed by atoms with Crippen LogP contribution in [0.4, 0.5) is 4.79 Å². The van der Waals surface area contributed by atoms with Gasteiger partial charge in [0.15, 0.2) is 11.8 Å². The number of aryl methyl sites for hydroxylation is 1. The number of hydrogen-bond acceptors (Lipinski definition) is 6. The van der Waals surface area contributed by atoms with Crippen LogP contribution < -0.4 is 10.6 Å². The number of benzene rings is 1. The maximum Gasteiger partial charge on any atom is 0.358 e. The fourth-order valence-electron chi connectivity index (χ4n) is 1.75. The second kappa shape index (κ2) is 7.69. The lowest BCUT2D eigenvalue weighted by atomic mass is 10.2. The molecule has 8 heteroatoms. The minimum absolute atomic E-state index is 0.121. The van der Waals surface area contributed by atoms with Crippen LogP contribution in [0.15, 0.2) is 29.6 Å². The summed E-state index contributed by atoms with van der Waals surface area (Å²) in [6.07, 6.45) is -1.11. The van der Waals surface area contributed by atoms with Crippen LogP contribution in [-0.4, -0.2) is 36.0 Å². The van der Waals surface area contributed by atoms with Gasteiger partial charge in [-0.2, -0.15) is 0 Å². The van der Waals surface area contributed by atoms with Gasteiger partial charge < -0.3 is 10.1 Å². The molecule has 0 unspecified atom stereocenters. The van der Waals surface area contributed by atoms with Crippen LogP contribution in [0.5, 0.6) is 0 Å². The number of imide groups is 1. The SMILES string of the molecule is CNC(=O)NC(=O)[C@@H](C)OC(=O)c1csc(-c2ccc(C)cc2)n1. The molecule has 126 valence electrons. The lowest BCUT2D eigenvalue weighted by molar-refractivity contribution is -0.127. The molecule has 0 spiro atoms. The Morgan fingerprint density at radius 3 is 2.50 bits per heavy atom. The van der Waals surface area contributed by atoms with Gasteiger partial charge in [0, 0.05) is 18.0 Å². The first-order chi connectivity index (χ1) is 11.4. The first-order valence-electron chi connectivity index (χ1n) is 7.17. The Labute approximate surface area is 143 Å². The fourth-order valence-corrected chi connectivity index (χ4v) is 2.54. The molecule has 24 heavy (non-hydrogen) atoms. The highest BCUT2D eigenvalue weighted by atomic mass is 32.1. The molecule has 0 aliphatic carbocycles. The number of amides is 3. The number of carbonyl (C=O) groups excluding carboxylic acids is 3. The normalized spacial score (nSPS) is 11.5. The molecule has 0 aliphatic heterocycles. The minimum Gasteiger partial charge on any atom is -0.448 e. The average Bonchev–Trinajstić information content (AvgIpc) is 3.05. The molecule has 0 bridgehead atoms. The Balaban J connectivity index is 2.02. The summed E-state index contributed by atoms with van der Waals surface area (Å²) in [6.45, 7) is 3.36.